The normalized spacial score (nSPS) is 22.9. The van der Waals surface area contributed by atoms with Crippen LogP contribution in [-0.2, 0) is 11.3 Å². The van der Waals surface area contributed by atoms with Crippen molar-refractivity contribution >= 4 is 0 Å². The zero-order valence-corrected chi connectivity index (χ0v) is 12.9. The van der Waals surface area contributed by atoms with Crippen LogP contribution >= 0.6 is 0 Å². The van der Waals surface area contributed by atoms with Gasteiger partial charge in [-0.15, -0.1) is 0 Å². The molecule has 0 aromatic carbocycles. The van der Waals surface area contributed by atoms with Crippen molar-refractivity contribution in [2.24, 2.45) is 0 Å². The summed E-state index contributed by atoms with van der Waals surface area (Å²) in [6.45, 7) is 7.25. The van der Waals surface area contributed by atoms with E-state index in [1.165, 1.54) is 18.4 Å². The van der Waals surface area contributed by atoms with E-state index in [4.69, 9.17) is 4.74 Å². The largest absolute Gasteiger partial charge is 0.372 e. The van der Waals surface area contributed by atoms with E-state index in [-0.39, 0.29) is 0 Å². The van der Waals surface area contributed by atoms with Gasteiger partial charge in [-0.1, -0.05) is 19.9 Å². The molecule has 0 amide bonds. The van der Waals surface area contributed by atoms with Gasteiger partial charge in [0.1, 0.15) is 0 Å². The van der Waals surface area contributed by atoms with Gasteiger partial charge >= 0.3 is 0 Å². The van der Waals surface area contributed by atoms with E-state index in [1.807, 2.05) is 18.5 Å². The van der Waals surface area contributed by atoms with Crippen molar-refractivity contribution in [3.8, 4) is 0 Å². The standard InChI is InChI=1S/C16H27N3O/c1-13(2)18-10-15-6-7-16(20-15)12-19(3)11-14-5-4-8-17-9-14/h4-5,8-9,13,15-16,18H,6-7,10-12H2,1-3H3. The highest BCUT2D eigenvalue weighted by Crippen LogP contribution is 2.20. The molecule has 2 atom stereocenters. The van der Waals surface area contributed by atoms with Crippen LogP contribution in [0.25, 0.3) is 0 Å². The summed E-state index contributed by atoms with van der Waals surface area (Å²) in [6.07, 6.45) is 6.84. The third-order valence-corrected chi connectivity index (χ3v) is 3.64. The zero-order chi connectivity index (χ0) is 14.4. The Bertz CT molecular complexity index is 383. The Kier molecular flexibility index (Phi) is 5.95. The average Bonchev–Trinajstić information content (AvgIpc) is 2.85. The average molecular weight is 277 g/mol. The van der Waals surface area contributed by atoms with Gasteiger partial charge in [-0.3, -0.25) is 9.88 Å². The predicted octanol–water partition coefficient (Wildman–Crippen LogP) is 2.06. The maximum atomic E-state index is 6.10. The number of pyridine rings is 1. The van der Waals surface area contributed by atoms with Gasteiger partial charge in [0.15, 0.2) is 0 Å². The minimum Gasteiger partial charge on any atom is -0.372 e. The number of nitrogens with zero attached hydrogens (tertiary/aromatic N) is 2. The molecule has 2 heterocycles. The molecule has 0 spiro atoms. The van der Waals surface area contributed by atoms with E-state index in [0.717, 1.165) is 19.6 Å². The molecule has 1 aromatic rings. The first kappa shape index (κ1) is 15.4. The second kappa shape index (κ2) is 7.72. The number of ether oxygens (including phenoxy) is 1. The lowest BCUT2D eigenvalue weighted by molar-refractivity contribution is 0.0259. The van der Waals surface area contributed by atoms with Crippen LogP contribution in [0.2, 0.25) is 0 Å². The zero-order valence-electron chi connectivity index (χ0n) is 12.9. The Hall–Kier alpha value is -0.970. The van der Waals surface area contributed by atoms with Crippen LogP contribution in [0.4, 0.5) is 0 Å². The van der Waals surface area contributed by atoms with Gasteiger partial charge in [-0.05, 0) is 31.5 Å². The highest BCUT2D eigenvalue weighted by Gasteiger charge is 2.25. The summed E-state index contributed by atoms with van der Waals surface area (Å²) in [7, 11) is 2.15. The SMILES string of the molecule is CC(C)NCC1CCC(CN(C)Cc2cccnc2)O1. The van der Waals surface area contributed by atoms with Crippen molar-refractivity contribution < 1.29 is 4.74 Å². The van der Waals surface area contributed by atoms with Crippen LogP contribution in [0.5, 0.6) is 0 Å². The Morgan fingerprint density at radius 2 is 2.20 bits per heavy atom. The van der Waals surface area contributed by atoms with Crippen LogP contribution in [0.15, 0.2) is 24.5 Å². The predicted molar refractivity (Wildman–Crippen MR) is 81.6 cm³/mol. The number of likely N-dealkylation sites (N-methyl/N-ethyl adjacent to an activating group) is 1. The third kappa shape index (κ3) is 5.19. The summed E-state index contributed by atoms with van der Waals surface area (Å²) in [5, 5.41) is 3.45. The van der Waals surface area contributed by atoms with Gasteiger partial charge in [0.05, 0.1) is 12.2 Å². The van der Waals surface area contributed by atoms with Crippen LogP contribution in [-0.4, -0.2) is 48.3 Å². The molecule has 0 radical (unpaired) electrons. The molecule has 4 heteroatoms. The molecule has 20 heavy (non-hydrogen) atoms. The van der Waals surface area contributed by atoms with Crippen molar-refractivity contribution in [1.29, 1.82) is 0 Å². The minimum atomic E-state index is 0.371. The van der Waals surface area contributed by atoms with Gasteiger partial charge in [-0.25, -0.2) is 0 Å². The Balaban J connectivity index is 1.69. The molecule has 1 saturated heterocycles. The lowest BCUT2D eigenvalue weighted by atomic mass is 10.2. The number of hydrogen-bond acceptors (Lipinski definition) is 4. The molecule has 1 N–H and O–H groups in total. The summed E-state index contributed by atoms with van der Waals surface area (Å²) < 4.78 is 6.10. The van der Waals surface area contributed by atoms with Crippen molar-refractivity contribution in [2.45, 2.75) is 51.5 Å². The smallest absolute Gasteiger partial charge is 0.0707 e. The fourth-order valence-electron chi connectivity index (χ4n) is 2.65. The highest BCUT2D eigenvalue weighted by molar-refractivity contribution is 5.07. The highest BCUT2D eigenvalue weighted by atomic mass is 16.5. The molecule has 1 aliphatic heterocycles. The number of hydrogen-bond donors (Lipinski definition) is 1. The number of aromatic nitrogens is 1. The van der Waals surface area contributed by atoms with Gasteiger partial charge in [0.2, 0.25) is 0 Å². The molecule has 0 saturated carbocycles. The van der Waals surface area contributed by atoms with Crippen molar-refractivity contribution in [3.05, 3.63) is 30.1 Å². The maximum absolute atomic E-state index is 6.10. The number of nitrogens with one attached hydrogen (secondary N) is 1. The van der Waals surface area contributed by atoms with Crippen LogP contribution in [0, 0.1) is 0 Å². The van der Waals surface area contributed by atoms with E-state index in [1.54, 1.807) is 0 Å². The molecule has 2 unspecified atom stereocenters. The number of rotatable bonds is 7. The molecular formula is C16H27N3O. The molecule has 1 aromatic heterocycles. The first-order chi connectivity index (χ1) is 9.63. The van der Waals surface area contributed by atoms with E-state index in [0.29, 0.717) is 18.2 Å². The lowest BCUT2D eigenvalue weighted by Crippen LogP contribution is -2.34. The third-order valence-electron chi connectivity index (χ3n) is 3.64. The molecule has 1 aliphatic rings. The van der Waals surface area contributed by atoms with Crippen molar-refractivity contribution in [3.63, 3.8) is 0 Å². The van der Waals surface area contributed by atoms with E-state index in [2.05, 4.69) is 42.2 Å². The van der Waals surface area contributed by atoms with Gasteiger partial charge in [-0.2, -0.15) is 0 Å². The van der Waals surface area contributed by atoms with E-state index in [9.17, 15) is 0 Å². The molecular weight excluding hydrogens is 250 g/mol. The molecule has 0 aliphatic carbocycles. The Morgan fingerprint density at radius 3 is 2.90 bits per heavy atom. The van der Waals surface area contributed by atoms with Gasteiger partial charge in [0, 0.05) is 38.1 Å². The second-order valence-corrected chi connectivity index (χ2v) is 6.08. The summed E-state index contributed by atoms with van der Waals surface area (Å²) in [5.41, 5.74) is 1.26. The minimum absolute atomic E-state index is 0.371. The quantitative estimate of drug-likeness (QED) is 0.828. The fourth-order valence-corrected chi connectivity index (χ4v) is 2.65. The summed E-state index contributed by atoms with van der Waals surface area (Å²) in [4.78, 5) is 6.48. The van der Waals surface area contributed by atoms with Gasteiger partial charge in [0.25, 0.3) is 0 Å². The first-order valence-electron chi connectivity index (χ1n) is 7.59. The summed E-state index contributed by atoms with van der Waals surface area (Å²) >= 11 is 0. The van der Waals surface area contributed by atoms with Gasteiger partial charge < -0.3 is 10.1 Å². The van der Waals surface area contributed by atoms with E-state index < -0.39 is 0 Å². The Morgan fingerprint density at radius 1 is 1.40 bits per heavy atom. The topological polar surface area (TPSA) is 37.4 Å². The van der Waals surface area contributed by atoms with Crippen LogP contribution in [0.1, 0.15) is 32.3 Å². The molecule has 112 valence electrons. The van der Waals surface area contributed by atoms with Crippen LogP contribution < -0.4 is 5.32 Å². The van der Waals surface area contributed by atoms with E-state index >= 15 is 0 Å². The fraction of sp³-hybridized carbons (Fsp3) is 0.688. The molecule has 4 nitrogen and oxygen atoms in total. The lowest BCUT2D eigenvalue weighted by Gasteiger charge is -2.21. The molecule has 2 rings (SSSR count). The Labute approximate surface area is 122 Å². The van der Waals surface area contributed by atoms with Crippen LogP contribution in [0.3, 0.4) is 0 Å². The molecule has 1 fully saturated rings. The first-order valence-corrected chi connectivity index (χ1v) is 7.59. The monoisotopic (exact) mass is 277 g/mol. The molecule has 0 bridgehead atoms. The summed E-state index contributed by atoms with van der Waals surface area (Å²) in [5.74, 6) is 0. The summed E-state index contributed by atoms with van der Waals surface area (Å²) in [6, 6.07) is 4.64. The maximum Gasteiger partial charge on any atom is 0.0707 e. The van der Waals surface area contributed by atoms with Crippen molar-refractivity contribution in [1.82, 2.24) is 15.2 Å². The van der Waals surface area contributed by atoms with Crippen molar-refractivity contribution in [2.75, 3.05) is 20.1 Å². The second-order valence-electron chi connectivity index (χ2n) is 6.08.